The van der Waals surface area contributed by atoms with Crippen molar-refractivity contribution in [3.63, 3.8) is 0 Å². The smallest absolute Gasteiger partial charge is 0.185 e. The predicted molar refractivity (Wildman–Crippen MR) is 102 cm³/mol. The molecule has 142 valence electrons. The second kappa shape index (κ2) is 8.47. The van der Waals surface area contributed by atoms with Crippen LogP contribution < -0.4 is 4.90 Å². The van der Waals surface area contributed by atoms with E-state index >= 15 is 0 Å². The standard InChI is InChI=1S/C18H27N5O2S/c24-9-6-23-5-3-17(20-23)15-2-1-4-21(13-15)14-16-12-19-18(26-16)22-7-10-25-11-8-22/h3,5,12,15,24H,1-2,4,6-11,13-14H2/t15-/m1/s1. The Kier molecular flexibility index (Phi) is 5.84. The lowest BCUT2D eigenvalue weighted by Crippen LogP contribution is -2.36. The van der Waals surface area contributed by atoms with Crippen LogP contribution in [0.3, 0.4) is 0 Å². The monoisotopic (exact) mass is 377 g/mol. The molecule has 0 spiro atoms. The first-order chi connectivity index (χ1) is 12.8. The highest BCUT2D eigenvalue weighted by molar-refractivity contribution is 7.15. The summed E-state index contributed by atoms with van der Waals surface area (Å²) in [6, 6.07) is 2.10. The summed E-state index contributed by atoms with van der Waals surface area (Å²) >= 11 is 1.81. The van der Waals surface area contributed by atoms with E-state index in [1.54, 1.807) is 0 Å². The Morgan fingerprint density at radius 1 is 1.27 bits per heavy atom. The molecule has 1 atom stereocenters. The van der Waals surface area contributed by atoms with Gasteiger partial charge in [0.1, 0.15) is 0 Å². The zero-order valence-electron chi connectivity index (χ0n) is 15.1. The third-order valence-corrected chi connectivity index (χ3v) is 6.16. The van der Waals surface area contributed by atoms with Crippen molar-refractivity contribution in [2.75, 3.05) is 50.9 Å². The molecule has 2 saturated heterocycles. The van der Waals surface area contributed by atoms with Crippen LogP contribution in [0.15, 0.2) is 18.5 Å². The largest absolute Gasteiger partial charge is 0.394 e. The Bertz CT molecular complexity index is 697. The van der Waals surface area contributed by atoms with Crippen molar-refractivity contribution in [1.82, 2.24) is 19.7 Å². The zero-order chi connectivity index (χ0) is 17.8. The molecule has 0 aliphatic carbocycles. The average molecular weight is 378 g/mol. The van der Waals surface area contributed by atoms with Gasteiger partial charge in [-0.15, -0.1) is 11.3 Å². The van der Waals surface area contributed by atoms with Crippen molar-refractivity contribution in [1.29, 1.82) is 0 Å². The number of hydrogen-bond donors (Lipinski definition) is 1. The van der Waals surface area contributed by atoms with E-state index in [-0.39, 0.29) is 6.61 Å². The molecule has 2 aromatic heterocycles. The molecule has 2 aromatic rings. The highest BCUT2D eigenvalue weighted by atomic mass is 32.1. The second-order valence-electron chi connectivity index (χ2n) is 7.01. The summed E-state index contributed by atoms with van der Waals surface area (Å²) < 4.78 is 7.27. The van der Waals surface area contributed by atoms with E-state index in [1.807, 2.05) is 28.4 Å². The summed E-state index contributed by atoms with van der Waals surface area (Å²) in [5.74, 6) is 0.482. The van der Waals surface area contributed by atoms with E-state index < -0.39 is 0 Å². The molecule has 8 heteroatoms. The number of thiazole rings is 1. The lowest BCUT2D eigenvalue weighted by atomic mass is 9.95. The van der Waals surface area contributed by atoms with Crippen molar-refractivity contribution in [3.05, 3.63) is 29.0 Å². The number of rotatable bonds is 6. The van der Waals surface area contributed by atoms with Gasteiger partial charge < -0.3 is 14.7 Å². The van der Waals surface area contributed by atoms with Gasteiger partial charge in [0.15, 0.2) is 5.13 Å². The Morgan fingerprint density at radius 3 is 3.00 bits per heavy atom. The maximum absolute atomic E-state index is 9.06. The molecule has 0 bridgehead atoms. The van der Waals surface area contributed by atoms with Gasteiger partial charge >= 0.3 is 0 Å². The molecule has 0 saturated carbocycles. The first kappa shape index (κ1) is 17.9. The fraction of sp³-hybridized carbons (Fsp3) is 0.667. The van der Waals surface area contributed by atoms with Crippen molar-refractivity contribution < 1.29 is 9.84 Å². The maximum atomic E-state index is 9.06. The number of aliphatic hydroxyl groups excluding tert-OH is 1. The number of aliphatic hydroxyl groups is 1. The number of anilines is 1. The van der Waals surface area contributed by atoms with Gasteiger partial charge in [-0.1, -0.05) is 0 Å². The van der Waals surface area contributed by atoms with Crippen LogP contribution in [0.2, 0.25) is 0 Å². The Labute approximate surface area is 158 Å². The molecule has 0 aromatic carbocycles. The fourth-order valence-corrected chi connectivity index (χ4v) is 4.76. The minimum atomic E-state index is 0.134. The number of morpholine rings is 1. The maximum Gasteiger partial charge on any atom is 0.185 e. The second-order valence-corrected chi connectivity index (χ2v) is 8.10. The van der Waals surface area contributed by atoms with Gasteiger partial charge in [0.2, 0.25) is 0 Å². The number of aromatic nitrogens is 3. The molecule has 2 aliphatic rings. The van der Waals surface area contributed by atoms with Crippen molar-refractivity contribution in [2.24, 2.45) is 0 Å². The first-order valence-corrected chi connectivity index (χ1v) is 10.3. The molecule has 7 nitrogen and oxygen atoms in total. The molecule has 0 amide bonds. The number of ether oxygens (including phenoxy) is 1. The quantitative estimate of drug-likeness (QED) is 0.824. The molecule has 0 unspecified atom stereocenters. The van der Waals surface area contributed by atoms with Crippen LogP contribution in [0.1, 0.15) is 29.3 Å². The molecule has 2 aliphatic heterocycles. The number of nitrogens with zero attached hydrogens (tertiary/aromatic N) is 5. The van der Waals surface area contributed by atoms with Crippen LogP contribution in [0, 0.1) is 0 Å². The number of piperidine rings is 1. The van der Waals surface area contributed by atoms with Crippen LogP contribution >= 0.6 is 11.3 Å². The minimum absolute atomic E-state index is 0.134. The van der Waals surface area contributed by atoms with Crippen molar-refractivity contribution in [2.45, 2.75) is 31.8 Å². The Hall–Kier alpha value is -1.48. The van der Waals surface area contributed by atoms with Gasteiger partial charge in [-0.25, -0.2) is 4.98 Å². The first-order valence-electron chi connectivity index (χ1n) is 9.46. The molecule has 4 rings (SSSR count). The Morgan fingerprint density at radius 2 is 2.15 bits per heavy atom. The van der Waals surface area contributed by atoms with Gasteiger partial charge in [0, 0.05) is 49.4 Å². The molecular formula is C18H27N5O2S. The van der Waals surface area contributed by atoms with Crippen LogP contribution in [-0.2, 0) is 17.8 Å². The van der Waals surface area contributed by atoms with Gasteiger partial charge in [-0.2, -0.15) is 5.10 Å². The fourth-order valence-electron chi connectivity index (χ4n) is 3.75. The van der Waals surface area contributed by atoms with E-state index in [2.05, 4.69) is 25.9 Å². The zero-order valence-corrected chi connectivity index (χ0v) is 15.9. The summed E-state index contributed by atoms with van der Waals surface area (Å²) in [5, 5.41) is 14.8. The summed E-state index contributed by atoms with van der Waals surface area (Å²) in [7, 11) is 0. The van der Waals surface area contributed by atoms with E-state index in [4.69, 9.17) is 9.84 Å². The van der Waals surface area contributed by atoms with Crippen LogP contribution in [-0.4, -0.2) is 70.8 Å². The number of likely N-dealkylation sites (tertiary alicyclic amines) is 1. The van der Waals surface area contributed by atoms with E-state index in [0.29, 0.717) is 12.5 Å². The molecule has 2 fully saturated rings. The summed E-state index contributed by atoms with van der Waals surface area (Å²) in [6.45, 7) is 7.33. The third-order valence-electron chi connectivity index (χ3n) is 5.12. The van der Waals surface area contributed by atoms with E-state index in [9.17, 15) is 0 Å². The van der Waals surface area contributed by atoms with Crippen LogP contribution in [0.4, 0.5) is 5.13 Å². The van der Waals surface area contributed by atoms with Crippen LogP contribution in [0.5, 0.6) is 0 Å². The van der Waals surface area contributed by atoms with Gasteiger partial charge in [0.05, 0.1) is 32.1 Å². The average Bonchev–Trinajstić information content (AvgIpc) is 3.33. The van der Waals surface area contributed by atoms with Crippen LogP contribution in [0.25, 0.3) is 0 Å². The third kappa shape index (κ3) is 4.25. The summed E-state index contributed by atoms with van der Waals surface area (Å²) in [6.07, 6.45) is 6.40. The summed E-state index contributed by atoms with van der Waals surface area (Å²) in [4.78, 5) is 10.8. The molecular weight excluding hydrogens is 350 g/mol. The predicted octanol–water partition coefficient (Wildman–Crippen LogP) is 1.55. The summed E-state index contributed by atoms with van der Waals surface area (Å²) in [5.41, 5.74) is 1.15. The molecule has 1 N–H and O–H groups in total. The lowest BCUT2D eigenvalue weighted by Gasteiger charge is -2.31. The molecule has 26 heavy (non-hydrogen) atoms. The number of hydrogen-bond acceptors (Lipinski definition) is 7. The van der Waals surface area contributed by atoms with Gasteiger partial charge in [-0.3, -0.25) is 9.58 Å². The SMILES string of the molecule is OCCn1ccc([C@@H]2CCCN(Cc3cnc(N4CCOCC4)s3)C2)n1. The topological polar surface area (TPSA) is 66.7 Å². The van der Waals surface area contributed by atoms with Gasteiger partial charge in [0.25, 0.3) is 0 Å². The minimum Gasteiger partial charge on any atom is -0.394 e. The van der Waals surface area contributed by atoms with E-state index in [1.165, 1.54) is 17.7 Å². The molecule has 0 radical (unpaired) electrons. The van der Waals surface area contributed by atoms with E-state index in [0.717, 1.165) is 56.8 Å². The van der Waals surface area contributed by atoms with Gasteiger partial charge in [-0.05, 0) is 25.5 Å². The molecule has 4 heterocycles. The van der Waals surface area contributed by atoms with Crippen molar-refractivity contribution >= 4 is 16.5 Å². The highest BCUT2D eigenvalue weighted by Gasteiger charge is 2.24. The lowest BCUT2D eigenvalue weighted by molar-refractivity contribution is 0.122. The highest BCUT2D eigenvalue weighted by Crippen LogP contribution is 2.29. The normalized spacial score (nSPS) is 22.0. The van der Waals surface area contributed by atoms with Crippen molar-refractivity contribution in [3.8, 4) is 0 Å². The Balaban J connectivity index is 1.35.